The lowest BCUT2D eigenvalue weighted by atomic mass is 10.0. The molecule has 24 heavy (non-hydrogen) atoms. The number of sulfonamides is 1. The molecule has 130 valence electrons. The molecule has 1 saturated heterocycles. The molecule has 7 heteroatoms. The summed E-state index contributed by atoms with van der Waals surface area (Å²) in [6.45, 7) is 7.05. The van der Waals surface area contributed by atoms with Crippen LogP contribution in [0.5, 0.6) is 0 Å². The fraction of sp³-hybridized carbons (Fsp3) is 0.471. The van der Waals surface area contributed by atoms with Gasteiger partial charge in [-0.3, -0.25) is 0 Å². The minimum absolute atomic E-state index is 0.194. The highest BCUT2D eigenvalue weighted by Gasteiger charge is 2.37. The van der Waals surface area contributed by atoms with Gasteiger partial charge in [-0.05, 0) is 31.4 Å². The summed E-state index contributed by atoms with van der Waals surface area (Å²) in [7, 11) is -3.66. The largest absolute Gasteiger partial charge is 0.360 e. The molecule has 1 fully saturated rings. The lowest BCUT2D eigenvalue weighted by Crippen LogP contribution is -2.48. The van der Waals surface area contributed by atoms with Gasteiger partial charge in [-0.25, -0.2) is 8.42 Å². The fourth-order valence-corrected chi connectivity index (χ4v) is 5.10. The molecule has 0 spiro atoms. The first-order chi connectivity index (χ1) is 11.4. The number of hydrogen-bond acceptors (Lipinski definition) is 5. The van der Waals surface area contributed by atoms with Crippen molar-refractivity contribution < 1.29 is 12.9 Å². The van der Waals surface area contributed by atoms with E-state index in [-0.39, 0.29) is 10.9 Å². The SMILES string of the molecule is CCc1ccc(C2CNCCN2S(=O)(=O)c2c(C)noc2C)cc1. The van der Waals surface area contributed by atoms with Crippen LogP contribution in [0.15, 0.2) is 33.7 Å². The summed E-state index contributed by atoms with van der Waals surface area (Å²) < 4.78 is 33.0. The summed E-state index contributed by atoms with van der Waals surface area (Å²) in [5.74, 6) is 0.339. The minimum Gasteiger partial charge on any atom is -0.360 e. The molecule has 1 aliphatic rings. The summed E-state index contributed by atoms with van der Waals surface area (Å²) >= 11 is 0. The number of nitrogens with one attached hydrogen (secondary N) is 1. The van der Waals surface area contributed by atoms with Gasteiger partial charge < -0.3 is 9.84 Å². The smallest absolute Gasteiger partial charge is 0.249 e. The zero-order valence-electron chi connectivity index (χ0n) is 14.2. The van der Waals surface area contributed by atoms with Crippen molar-refractivity contribution in [3.63, 3.8) is 0 Å². The Morgan fingerprint density at radius 3 is 2.58 bits per heavy atom. The molecule has 1 atom stereocenters. The lowest BCUT2D eigenvalue weighted by molar-refractivity contribution is 0.271. The topological polar surface area (TPSA) is 75.4 Å². The predicted octanol–water partition coefficient (Wildman–Crippen LogP) is 2.19. The molecule has 1 aromatic carbocycles. The molecule has 1 aliphatic heterocycles. The van der Waals surface area contributed by atoms with Crippen LogP contribution >= 0.6 is 0 Å². The van der Waals surface area contributed by atoms with Gasteiger partial charge in [-0.2, -0.15) is 4.31 Å². The summed E-state index contributed by atoms with van der Waals surface area (Å²) in [5.41, 5.74) is 2.64. The Hall–Kier alpha value is -1.70. The number of rotatable bonds is 4. The van der Waals surface area contributed by atoms with Gasteiger partial charge in [0, 0.05) is 19.6 Å². The molecular formula is C17H23N3O3S. The van der Waals surface area contributed by atoms with Gasteiger partial charge in [0.2, 0.25) is 10.0 Å². The van der Waals surface area contributed by atoms with Gasteiger partial charge in [0.1, 0.15) is 10.6 Å². The van der Waals surface area contributed by atoms with Crippen molar-refractivity contribution in [1.29, 1.82) is 0 Å². The Bertz CT molecular complexity index is 793. The first-order valence-corrected chi connectivity index (χ1v) is 9.63. The van der Waals surface area contributed by atoms with Crippen LogP contribution < -0.4 is 5.32 Å². The standard InChI is InChI=1S/C17H23N3O3S/c1-4-14-5-7-15(8-6-14)16-11-18-9-10-20(16)24(21,22)17-12(2)19-23-13(17)3/h5-8,16,18H,4,9-11H2,1-3H3. The average molecular weight is 349 g/mol. The Balaban J connectivity index is 2.00. The molecule has 2 heterocycles. The maximum atomic E-state index is 13.2. The van der Waals surface area contributed by atoms with E-state index in [9.17, 15) is 8.42 Å². The molecule has 2 aromatic rings. The summed E-state index contributed by atoms with van der Waals surface area (Å²) in [6, 6.07) is 7.93. The van der Waals surface area contributed by atoms with Crippen LogP contribution in [0.4, 0.5) is 0 Å². The number of benzene rings is 1. The Kier molecular flexibility index (Phi) is 4.76. The zero-order valence-corrected chi connectivity index (χ0v) is 15.1. The van der Waals surface area contributed by atoms with Crippen LogP contribution in [0.2, 0.25) is 0 Å². The van der Waals surface area contributed by atoms with Crippen molar-refractivity contribution in [2.45, 2.75) is 38.1 Å². The van der Waals surface area contributed by atoms with E-state index >= 15 is 0 Å². The molecule has 1 N–H and O–H groups in total. The van der Waals surface area contributed by atoms with E-state index in [1.807, 2.05) is 12.1 Å². The van der Waals surface area contributed by atoms with Crippen molar-refractivity contribution >= 4 is 10.0 Å². The number of aryl methyl sites for hydroxylation is 3. The van der Waals surface area contributed by atoms with Gasteiger partial charge in [0.05, 0.1) is 6.04 Å². The second-order valence-corrected chi connectivity index (χ2v) is 7.91. The van der Waals surface area contributed by atoms with Crippen molar-refractivity contribution in [3.05, 3.63) is 46.8 Å². The van der Waals surface area contributed by atoms with Crippen LogP contribution in [0.3, 0.4) is 0 Å². The Labute approximate surface area is 142 Å². The van der Waals surface area contributed by atoms with Crippen molar-refractivity contribution in [2.75, 3.05) is 19.6 Å². The summed E-state index contributed by atoms with van der Waals surface area (Å²) in [4.78, 5) is 0.194. The number of piperazine rings is 1. The molecule has 0 saturated carbocycles. The average Bonchev–Trinajstić information content (AvgIpc) is 2.94. The first kappa shape index (κ1) is 17.1. The van der Waals surface area contributed by atoms with E-state index in [4.69, 9.17) is 4.52 Å². The number of nitrogens with zero attached hydrogens (tertiary/aromatic N) is 2. The third kappa shape index (κ3) is 2.99. The van der Waals surface area contributed by atoms with Gasteiger partial charge in [0.25, 0.3) is 0 Å². The lowest BCUT2D eigenvalue weighted by Gasteiger charge is -2.35. The number of aromatic nitrogens is 1. The third-order valence-corrected chi connectivity index (χ3v) is 6.65. The van der Waals surface area contributed by atoms with E-state index in [0.717, 1.165) is 12.0 Å². The highest BCUT2D eigenvalue weighted by Crippen LogP contribution is 2.31. The van der Waals surface area contributed by atoms with Crippen molar-refractivity contribution in [2.24, 2.45) is 0 Å². The van der Waals surface area contributed by atoms with Crippen LogP contribution in [0.25, 0.3) is 0 Å². The maximum Gasteiger partial charge on any atom is 0.249 e. The van der Waals surface area contributed by atoms with E-state index in [0.29, 0.717) is 31.1 Å². The molecule has 0 bridgehead atoms. The van der Waals surface area contributed by atoms with Crippen LogP contribution in [-0.2, 0) is 16.4 Å². The summed E-state index contributed by atoms with van der Waals surface area (Å²) in [5, 5.41) is 7.09. The fourth-order valence-electron chi connectivity index (χ4n) is 3.19. The van der Waals surface area contributed by atoms with E-state index < -0.39 is 10.0 Å². The molecule has 3 rings (SSSR count). The van der Waals surface area contributed by atoms with Gasteiger partial charge in [-0.1, -0.05) is 36.3 Å². The number of hydrogen-bond donors (Lipinski definition) is 1. The molecule has 1 unspecified atom stereocenters. The monoisotopic (exact) mass is 349 g/mol. The third-order valence-electron chi connectivity index (χ3n) is 4.50. The highest BCUT2D eigenvalue weighted by molar-refractivity contribution is 7.89. The second kappa shape index (κ2) is 6.66. The normalized spacial score (nSPS) is 19.5. The molecule has 0 aliphatic carbocycles. The van der Waals surface area contributed by atoms with E-state index in [1.54, 1.807) is 18.2 Å². The Morgan fingerprint density at radius 1 is 1.29 bits per heavy atom. The highest BCUT2D eigenvalue weighted by atomic mass is 32.2. The molecule has 6 nitrogen and oxygen atoms in total. The maximum absolute atomic E-state index is 13.2. The predicted molar refractivity (Wildman–Crippen MR) is 91.3 cm³/mol. The first-order valence-electron chi connectivity index (χ1n) is 8.19. The van der Waals surface area contributed by atoms with Crippen molar-refractivity contribution in [1.82, 2.24) is 14.8 Å². The zero-order chi connectivity index (χ0) is 17.3. The molecule has 0 amide bonds. The van der Waals surface area contributed by atoms with Gasteiger partial charge in [0.15, 0.2) is 5.76 Å². The molecular weight excluding hydrogens is 326 g/mol. The summed E-state index contributed by atoms with van der Waals surface area (Å²) in [6.07, 6.45) is 0.963. The molecule has 0 radical (unpaired) electrons. The van der Waals surface area contributed by atoms with E-state index in [1.165, 1.54) is 5.56 Å². The van der Waals surface area contributed by atoms with Crippen LogP contribution in [0, 0.1) is 13.8 Å². The minimum atomic E-state index is -3.66. The van der Waals surface area contributed by atoms with E-state index in [2.05, 4.69) is 29.5 Å². The quantitative estimate of drug-likeness (QED) is 0.916. The second-order valence-electron chi connectivity index (χ2n) is 6.08. The molecule has 1 aromatic heterocycles. The van der Waals surface area contributed by atoms with Crippen LogP contribution in [0.1, 0.15) is 35.5 Å². The van der Waals surface area contributed by atoms with Gasteiger partial charge >= 0.3 is 0 Å². The van der Waals surface area contributed by atoms with Gasteiger partial charge in [-0.15, -0.1) is 0 Å². The van der Waals surface area contributed by atoms with Crippen molar-refractivity contribution in [3.8, 4) is 0 Å². The Morgan fingerprint density at radius 2 is 2.00 bits per heavy atom. The van der Waals surface area contributed by atoms with Crippen LogP contribution in [-0.4, -0.2) is 37.5 Å².